The maximum atomic E-state index is 11.9. The number of para-hydroxylation sites is 1. The zero-order chi connectivity index (χ0) is 14.4. The Morgan fingerprint density at radius 2 is 2.10 bits per heavy atom. The molecule has 0 bridgehead atoms. The fourth-order valence-electron chi connectivity index (χ4n) is 1.58. The van der Waals surface area contributed by atoms with Gasteiger partial charge in [0.2, 0.25) is 0 Å². The topological polar surface area (TPSA) is 64.1 Å². The first kappa shape index (κ1) is 14.3. The van der Waals surface area contributed by atoms with Gasteiger partial charge in [0.1, 0.15) is 11.4 Å². The number of hydrogen-bond acceptors (Lipinski definition) is 6. The highest BCUT2D eigenvalue weighted by atomic mass is 32.2. The third-order valence-electron chi connectivity index (χ3n) is 2.48. The number of rotatable bonds is 5. The van der Waals surface area contributed by atoms with Gasteiger partial charge in [0, 0.05) is 11.9 Å². The third-order valence-corrected chi connectivity index (χ3v) is 3.04. The third kappa shape index (κ3) is 3.48. The summed E-state index contributed by atoms with van der Waals surface area (Å²) in [7, 11) is 0. The molecule has 1 aromatic carbocycles. The fraction of sp³-hybridized carbons (Fsp3) is 0.214. The van der Waals surface area contributed by atoms with Gasteiger partial charge in [-0.05, 0) is 25.3 Å². The normalized spacial score (nSPS) is 10.1. The fourth-order valence-corrected chi connectivity index (χ4v) is 1.92. The monoisotopic (exact) mass is 289 g/mol. The number of carbonyl (C=O) groups is 1. The van der Waals surface area contributed by atoms with Gasteiger partial charge in [-0.25, -0.2) is 14.8 Å². The van der Waals surface area contributed by atoms with Gasteiger partial charge in [-0.15, -0.1) is 0 Å². The Balaban J connectivity index is 2.34. The molecule has 2 rings (SSSR count). The second-order valence-corrected chi connectivity index (χ2v) is 4.60. The summed E-state index contributed by atoms with van der Waals surface area (Å²) in [4.78, 5) is 20.3. The van der Waals surface area contributed by atoms with Crippen molar-refractivity contribution in [2.45, 2.75) is 12.1 Å². The summed E-state index contributed by atoms with van der Waals surface area (Å²) in [6.07, 6.45) is 3.37. The van der Waals surface area contributed by atoms with E-state index in [0.717, 1.165) is 5.69 Å². The predicted octanol–water partition coefficient (Wildman–Crippen LogP) is 3.12. The van der Waals surface area contributed by atoms with Crippen LogP contribution in [0.25, 0.3) is 0 Å². The molecule has 0 atom stereocenters. The van der Waals surface area contributed by atoms with Gasteiger partial charge in [-0.2, -0.15) is 0 Å². The highest BCUT2D eigenvalue weighted by Crippen LogP contribution is 2.21. The van der Waals surface area contributed by atoms with Crippen LogP contribution in [0.5, 0.6) is 0 Å². The maximum Gasteiger partial charge on any atom is 0.343 e. The summed E-state index contributed by atoms with van der Waals surface area (Å²) in [5.41, 5.74) is 1.18. The van der Waals surface area contributed by atoms with Crippen LogP contribution in [0.3, 0.4) is 0 Å². The molecule has 1 aromatic heterocycles. The van der Waals surface area contributed by atoms with Gasteiger partial charge in [0.15, 0.2) is 5.16 Å². The van der Waals surface area contributed by atoms with Crippen molar-refractivity contribution in [2.24, 2.45) is 0 Å². The van der Waals surface area contributed by atoms with E-state index in [1.807, 2.05) is 36.6 Å². The van der Waals surface area contributed by atoms with E-state index >= 15 is 0 Å². The molecule has 0 radical (unpaired) electrons. The van der Waals surface area contributed by atoms with Crippen LogP contribution in [0.2, 0.25) is 0 Å². The molecule has 0 saturated carbocycles. The number of nitrogens with one attached hydrogen (secondary N) is 1. The second kappa shape index (κ2) is 6.91. The van der Waals surface area contributed by atoms with Crippen LogP contribution in [0.4, 0.5) is 11.5 Å². The number of anilines is 2. The molecule has 20 heavy (non-hydrogen) atoms. The molecule has 1 N–H and O–H groups in total. The van der Waals surface area contributed by atoms with E-state index in [1.54, 1.807) is 6.92 Å². The number of ether oxygens (including phenoxy) is 1. The minimum absolute atomic E-state index is 0.313. The highest BCUT2D eigenvalue weighted by Gasteiger charge is 2.15. The molecule has 0 aliphatic heterocycles. The van der Waals surface area contributed by atoms with Gasteiger partial charge in [0.25, 0.3) is 0 Å². The van der Waals surface area contributed by atoms with Gasteiger partial charge < -0.3 is 10.1 Å². The van der Waals surface area contributed by atoms with Crippen molar-refractivity contribution >= 4 is 29.2 Å². The molecular formula is C14H15N3O2S. The molecule has 0 amide bonds. The molecule has 1 heterocycles. The predicted molar refractivity (Wildman–Crippen MR) is 79.5 cm³/mol. The summed E-state index contributed by atoms with van der Waals surface area (Å²) in [5.74, 6) is 0.0209. The van der Waals surface area contributed by atoms with Gasteiger partial charge >= 0.3 is 5.97 Å². The lowest BCUT2D eigenvalue weighted by atomic mass is 10.2. The van der Waals surface area contributed by atoms with Gasteiger partial charge in [-0.1, -0.05) is 30.0 Å². The molecule has 0 aliphatic rings. The Morgan fingerprint density at radius 3 is 2.75 bits per heavy atom. The number of aromatic nitrogens is 2. The molecule has 0 unspecified atom stereocenters. The van der Waals surface area contributed by atoms with Gasteiger partial charge in [0.05, 0.1) is 6.61 Å². The lowest BCUT2D eigenvalue weighted by molar-refractivity contribution is 0.0526. The van der Waals surface area contributed by atoms with E-state index in [0.29, 0.717) is 23.1 Å². The summed E-state index contributed by atoms with van der Waals surface area (Å²) >= 11 is 1.41. The number of benzene rings is 1. The van der Waals surface area contributed by atoms with E-state index in [2.05, 4.69) is 15.3 Å². The minimum Gasteiger partial charge on any atom is -0.462 e. The van der Waals surface area contributed by atoms with Crippen LogP contribution < -0.4 is 5.32 Å². The summed E-state index contributed by atoms with van der Waals surface area (Å²) in [6, 6.07) is 9.53. The van der Waals surface area contributed by atoms with Crippen LogP contribution in [-0.4, -0.2) is 28.8 Å². The molecule has 0 spiro atoms. The standard InChI is InChI=1S/C14H15N3O2S/c1-3-19-13(18)11-9-15-14(20-2)17-12(11)16-10-7-5-4-6-8-10/h4-9H,3H2,1-2H3,(H,15,16,17). The Kier molecular flexibility index (Phi) is 4.95. The number of thioether (sulfide) groups is 1. The summed E-state index contributed by atoms with van der Waals surface area (Å²) < 4.78 is 5.01. The average molecular weight is 289 g/mol. The largest absolute Gasteiger partial charge is 0.462 e. The van der Waals surface area contributed by atoms with Crippen molar-refractivity contribution in [3.63, 3.8) is 0 Å². The quantitative estimate of drug-likeness (QED) is 0.518. The van der Waals surface area contributed by atoms with Crippen LogP contribution >= 0.6 is 11.8 Å². The van der Waals surface area contributed by atoms with Crippen molar-refractivity contribution in [1.29, 1.82) is 0 Å². The molecule has 0 saturated heterocycles. The Morgan fingerprint density at radius 1 is 1.35 bits per heavy atom. The van der Waals surface area contributed by atoms with Crippen LogP contribution in [-0.2, 0) is 4.74 Å². The highest BCUT2D eigenvalue weighted by molar-refractivity contribution is 7.98. The zero-order valence-electron chi connectivity index (χ0n) is 11.3. The molecule has 5 nitrogen and oxygen atoms in total. The first-order valence-corrected chi connectivity index (χ1v) is 7.37. The molecule has 6 heteroatoms. The molecule has 104 valence electrons. The van der Waals surface area contributed by atoms with E-state index in [9.17, 15) is 4.79 Å². The lowest BCUT2D eigenvalue weighted by Gasteiger charge is -2.10. The first-order valence-electron chi connectivity index (χ1n) is 6.14. The van der Waals surface area contributed by atoms with Crippen molar-refractivity contribution < 1.29 is 9.53 Å². The van der Waals surface area contributed by atoms with Crippen molar-refractivity contribution in [2.75, 3.05) is 18.2 Å². The average Bonchev–Trinajstić information content (AvgIpc) is 2.48. The van der Waals surface area contributed by atoms with Crippen LogP contribution in [0, 0.1) is 0 Å². The van der Waals surface area contributed by atoms with E-state index in [-0.39, 0.29) is 0 Å². The van der Waals surface area contributed by atoms with Crippen molar-refractivity contribution in [1.82, 2.24) is 9.97 Å². The minimum atomic E-state index is -0.432. The number of carbonyl (C=O) groups excluding carboxylic acids is 1. The Bertz CT molecular complexity index is 590. The van der Waals surface area contributed by atoms with Crippen LogP contribution in [0.15, 0.2) is 41.7 Å². The lowest BCUT2D eigenvalue weighted by Crippen LogP contribution is -2.10. The number of nitrogens with zero attached hydrogens (tertiary/aromatic N) is 2. The molecule has 0 aliphatic carbocycles. The van der Waals surface area contributed by atoms with E-state index < -0.39 is 5.97 Å². The Labute approximate surface area is 121 Å². The van der Waals surface area contributed by atoms with Crippen molar-refractivity contribution in [3.8, 4) is 0 Å². The molecule has 2 aromatic rings. The zero-order valence-corrected chi connectivity index (χ0v) is 12.1. The molecule has 0 fully saturated rings. The smallest absolute Gasteiger partial charge is 0.343 e. The number of esters is 1. The SMILES string of the molecule is CCOC(=O)c1cnc(SC)nc1Nc1ccccc1. The van der Waals surface area contributed by atoms with Gasteiger partial charge in [-0.3, -0.25) is 0 Å². The first-order chi connectivity index (χ1) is 9.74. The maximum absolute atomic E-state index is 11.9. The summed E-state index contributed by atoms with van der Waals surface area (Å²) in [6.45, 7) is 2.08. The van der Waals surface area contributed by atoms with E-state index in [4.69, 9.17) is 4.74 Å². The Hall–Kier alpha value is -2.08. The number of hydrogen-bond donors (Lipinski definition) is 1. The van der Waals surface area contributed by atoms with E-state index in [1.165, 1.54) is 18.0 Å². The van der Waals surface area contributed by atoms with Crippen molar-refractivity contribution in [3.05, 3.63) is 42.1 Å². The summed E-state index contributed by atoms with van der Waals surface area (Å²) in [5, 5.41) is 3.72. The second-order valence-electron chi connectivity index (χ2n) is 3.83. The molecular weight excluding hydrogens is 274 g/mol. The van der Waals surface area contributed by atoms with Crippen LogP contribution in [0.1, 0.15) is 17.3 Å².